The summed E-state index contributed by atoms with van der Waals surface area (Å²) >= 11 is 8.22. The molecule has 3 heterocycles. The van der Waals surface area contributed by atoms with E-state index in [4.69, 9.17) is 23.1 Å². The second-order valence-electron chi connectivity index (χ2n) is 12.8. The van der Waals surface area contributed by atoms with E-state index >= 15 is 0 Å². The number of unbranched alkanes of at least 4 members (excludes halogenated alkanes) is 1. The maximum Gasteiger partial charge on any atom is 0.245 e. The van der Waals surface area contributed by atoms with Gasteiger partial charge in [0, 0.05) is 71.8 Å². The quantitative estimate of drug-likeness (QED) is 0.141. The van der Waals surface area contributed by atoms with Gasteiger partial charge < -0.3 is 37.3 Å². The first-order valence-corrected chi connectivity index (χ1v) is 18.3. The van der Waals surface area contributed by atoms with Crippen molar-refractivity contribution in [2.75, 3.05) is 13.6 Å². The van der Waals surface area contributed by atoms with E-state index in [1.54, 1.807) is 19.3 Å². The third-order valence-corrected chi connectivity index (χ3v) is 10.9. The predicted octanol–water partition coefficient (Wildman–Crippen LogP) is 3.71. The molecule has 51 heavy (non-hydrogen) atoms. The van der Waals surface area contributed by atoms with Gasteiger partial charge in [0.15, 0.2) is 0 Å². The number of hydrogen-bond donors (Lipinski definition) is 6. The summed E-state index contributed by atoms with van der Waals surface area (Å²) < 4.78 is 0. The molecule has 0 radical (unpaired) electrons. The van der Waals surface area contributed by atoms with E-state index in [1.165, 1.54) is 16.7 Å². The van der Waals surface area contributed by atoms with Crippen molar-refractivity contribution in [2.24, 2.45) is 11.5 Å². The number of nitrogens with one attached hydrogen (secondary N) is 4. The molecule has 0 bridgehead atoms. The number of amides is 4. The molecule has 1 aliphatic heterocycles. The van der Waals surface area contributed by atoms with Crippen LogP contribution in [0.5, 0.6) is 0 Å². The van der Waals surface area contributed by atoms with Crippen LogP contribution in [0.2, 0.25) is 5.02 Å². The van der Waals surface area contributed by atoms with E-state index < -0.39 is 35.8 Å². The number of para-hydroxylation sites is 1. The standard InChI is InChI=1S/C37H45ClN8O4S/c1-22-12-13-27(38)26-21-44-35(49)31(18-24-20-42-28-10-4-3-9-25(24)28)46(2)37(50)30(11-5-6-16-39)45-34(48)29(14-15-32(40)47)43-19-23-8-7-17-41-36(23)51-33(22)26/h3-4,7-10,12-13,17,20,29-31,42-43H,5-6,11,14-16,18-19,21,39H2,1-2H3,(H2,40,47)(H,44,49)(H,45,48). The molecular formula is C37H45ClN8O4S. The summed E-state index contributed by atoms with van der Waals surface area (Å²) in [5, 5.41) is 11.4. The van der Waals surface area contributed by atoms with Crippen LogP contribution in [0.1, 0.15) is 54.4 Å². The first-order valence-electron chi connectivity index (χ1n) is 17.1. The number of benzene rings is 2. The molecule has 0 aliphatic carbocycles. The molecular weight excluding hydrogens is 688 g/mol. The molecule has 8 N–H and O–H groups in total. The van der Waals surface area contributed by atoms with E-state index in [0.29, 0.717) is 35.9 Å². The van der Waals surface area contributed by atoms with Gasteiger partial charge in [-0.15, -0.1) is 0 Å². The Bertz CT molecular complexity index is 1880. The zero-order chi connectivity index (χ0) is 36.5. The second-order valence-corrected chi connectivity index (χ2v) is 14.2. The van der Waals surface area contributed by atoms with Crippen molar-refractivity contribution in [2.45, 2.75) is 86.6 Å². The van der Waals surface area contributed by atoms with Crippen LogP contribution in [-0.2, 0) is 38.7 Å². The summed E-state index contributed by atoms with van der Waals surface area (Å²) in [6, 6.07) is 12.5. The Morgan fingerprint density at radius 2 is 1.82 bits per heavy atom. The number of nitrogens with two attached hydrogens (primary N) is 2. The topological polar surface area (TPSA) is 188 Å². The molecule has 0 fully saturated rings. The molecule has 4 amide bonds. The molecule has 12 nitrogen and oxygen atoms in total. The molecule has 14 heteroatoms. The average Bonchev–Trinajstić information content (AvgIpc) is 3.53. The Morgan fingerprint density at radius 1 is 1.02 bits per heavy atom. The maximum atomic E-state index is 14.4. The average molecular weight is 733 g/mol. The summed E-state index contributed by atoms with van der Waals surface area (Å²) in [4.78, 5) is 64.6. The summed E-state index contributed by atoms with van der Waals surface area (Å²) in [5.41, 5.74) is 15.5. The van der Waals surface area contributed by atoms with Gasteiger partial charge in [0.25, 0.3) is 0 Å². The minimum atomic E-state index is -0.955. The molecule has 2 aromatic carbocycles. The van der Waals surface area contributed by atoms with Crippen LogP contribution >= 0.6 is 23.4 Å². The lowest BCUT2D eigenvalue weighted by atomic mass is 10.0. The Balaban J connectivity index is 1.58. The van der Waals surface area contributed by atoms with Gasteiger partial charge in [0.2, 0.25) is 23.6 Å². The predicted molar refractivity (Wildman–Crippen MR) is 199 cm³/mol. The summed E-state index contributed by atoms with van der Waals surface area (Å²) in [6.45, 7) is 2.75. The second kappa shape index (κ2) is 17.7. The van der Waals surface area contributed by atoms with Crippen molar-refractivity contribution in [3.63, 3.8) is 0 Å². The van der Waals surface area contributed by atoms with Gasteiger partial charge in [-0.05, 0) is 74.0 Å². The number of rotatable bonds is 9. The number of aromatic nitrogens is 2. The van der Waals surface area contributed by atoms with Crippen molar-refractivity contribution >= 4 is 57.9 Å². The highest BCUT2D eigenvalue weighted by Gasteiger charge is 2.34. The smallest absolute Gasteiger partial charge is 0.245 e. The summed E-state index contributed by atoms with van der Waals surface area (Å²) in [5.74, 6) is -1.79. The molecule has 0 spiro atoms. The molecule has 0 saturated heterocycles. The molecule has 2 aromatic heterocycles. The number of aromatic amines is 1. The highest BCUT2D eigenvalue weighted by molar-refractivity contribution is 7.99. The molecule has 270 valence electrons. The Hall–Kier alpha value is -4.43. The number of hydrogen-bond acceptors (Lipinski definition) is 8. The monoisotopic (exact) mass is 732 g/mol. The fraction of sp³-hybridized carbons (Fsp3) is 0.378. The van der Waals surface area contributed by atoms with Gasteiger partial charge in [-0.3, -0.25) is 19.2 Å². The lowest BCUT2D eigenvalue weighted by Gasteiger charge is -2.32. The van der Waals surface area contributed by atoms with Crippen LogP contribution in [-0.4, -0.2) is 70.2 Å². The van der Waals surface area contributed by atoms with E-state index in [2.05, 4.69) is 25.9 Å². The fourth-order valence-corrected chi connectivity index (χ4v) is 7.64. The number of fused-ring (bicyclic) bond motifs is 3. The zero-order valence-corrected chi connectivity index (χ0v) is 30.4. The third-order valence-electron chi connectivity index (χ3n) is 9.19. The van der Waals surface area contributed by atoms with Gasteiger partial charge in [-0.1, -0.05) is 53.7 Å². The third kappa shape index (κ3) is 9.47. The number of likely N-dealkylation sites (N-methyl/N-ethyl adjacent to an activating group) is 1. The lowest BCUT2D eigenvalue weighted by Crippen LogP contribution is -2.57. The van der Waals surface area contributed by atoms with Crippen molar-refractivity contribution in [3.8, 4) is 0 Å². The maximum absolute atomic E-state index is 14.4. The number of carbonyl (C=O) groups excluding carboxylic acids is 4. The van der Waals surface area contributed by atoms with Crippen LogP contribution in [0, 0.1) is 6.92 Å². The zero-order valence-electron chi connectivity index (χ0n) is 28.8. The number of H-pyrrole nitrogens is 1. The molecule has 3 unspecified atom stereocenters. The number of nitrogens with zero attached hydrogens (tertiary/aromatic N) is 2. The molecule has 4 aromatic rings. The number of carbonyl (C=O) groups is 4. The van der Waals surface area contributed by atoms with E-state index in [9.17, 15) is 19.2 Å². The van der Waals surface area contributed by atoms with Crippen LogP contribution in [0.4, 0.5) is 0 Å². The van der Waals surface area contributed by atoms with E-state index in [0.717, 1.165) is 38.1 Å². The minimum Gasteiger partial charge on any atom is -0.370 e. The van der Waals surface area contributed by atoms with Crippen LogP contribution in [0.15, 0.2) is 70.8 Å². The number of primary amides is 1. The summed E-state index contributed by atoms with van der Waals surface area (Å²) in [6.07, 6.45) is 5.36. The minimum absolute atomic E-state index is 0.0383. The molecule has 1 aliphatic rings. The SMILES string of the molecule is Cc1ccc(Cl)c2c1Sc1ncccc1CNC(CCC(N)=O)C(=O)NC(CCCCN)C(=O)N(C)C(Cc1c[nH]c3ccccc13)C(=O)NC2. The van der Waals surface area contributed by atoms with E-state index in [-0.39, 0.29) is 38.3 Å². The van der Waals surface area contributed by atoms with Gasteiger partial charge in [0.1, 0.15) is 17.1 Å². The molecule has 0 saturated carbocycles. The molecule has 3 atom stereocenters. The first kappa shape index (κ1) is 37.8. The number of pyridine rings is 1. The molecule has 5 rings (SSSR count). The highest BCUT2D eigenvalue weighted by Crippen LogP contribution is 2.37. The Morgan fingerprint density at radius 3 is 2.61 bits per heavy atom. The van der Waals surface area contributed by atoms with Crippen LogP contribution < -0.4 is 27.4 Å². The van der Waals surface area contributed by atoms with Crippen molar-refractivity contribution in [1.82, 2.24) is 30.8 Å². The first-order chi connectivity index (χ1) is 24.6. The van der Waals surface area contributed by atoms with Crippen molar-refractivity contribution in [1.29, 1.82) is 0 Å². The fourth-order valence-electron chi connectivity index (χ4n) is 6.25. The highest BCUT2D eigenvalue weighted by atomic mass is 35.5. The normalized spacial score (nSPS) is 19.2. The van der Waals surface area contributed by atoms with Gasteiger partial charge >= 0.3 is 0 Å². The van der Waals surface area contributed by atoms with Gasteiger partial charge in [-0.25, -0.2) is 4.98 Å². The summed E-state index contributed by atoms with van der Waals surface area (Å²) in [7, 11) is 1.59. The van der Waals surface area contributed by atoms with Crippen molar-refractivity contribution in [3.05, 3.63) is 88.2 Å². The largest absolute Gasteiger partial charge is 0.370 e. The van der Waals surface area contributed by atoms with Gasteiger partial charge in [0.05, 0.1) is 6.04 Å². The van der Waals surface area contributed by atoms with Crippen LogP contribution in [0.3, 0.4) is 0 Å². The van der Waals surface area contributed by atoms with Crippen LogP contribution in [0.25, 0.3) is 10.9 Å². The van der Waals surface area contributed by atoms with Crippen molar-refractivity contribution < 1.29 is 19.2 Å². The van der Waals surface area contributed by atoms with E-state index in [1.807, 2.05) is 55.6 Å². The Labute approximate surface area is 306 Å². The Kier molecular flexibility index (Phi) is 13.1. The number of aryl methyl sites for hydroxylation is 1. The lowest BCUT2D eigenvalue weighted by molar-refractivity contribution is -0.142. The number of halogens is 1. The van der Waals surface area contributed by atoms with Gasteiger partial charge in [-0.2, -0.15) is 0 Å².